The van der Waals surface area contributed by atoms with E-state index in [0.29, 0.717) is 0 Å². The van der Waals surface area contributed by atoms with E-state index in [-0.39, 0.29) is 0 Å². The van der Waals surface area contributed by atoms with Gasteiger partial charge in [0.05, 0.1) is 23.6 Å². The van der Waals surface area contributed by atoms with Crippen LogP contribution in [0, 0.1) is 12.8 Å². The summed E-state index contributed by atoms with van der Waals surface area (Å²) in [5.74, 6) is 0.744. The molecule has 0 bridgehead atoms. The third-order valence-electron chi connectivity index (χ3n) is 4.94. The highest BCUT2D eigenvalue weighted by molar-refractivity contribution is 7.22. The normalized spacial score (nSPS) is 23.7. The molecule has 0 radical (unpaired) electrons. The molecule has 4 heterocycles. The molecule has 2 aliphatic rings. The molecule has 126 valence electrons. The van der Waals surface area contributed by atoms with Crippen molar-refractivity contribution < 1.29 is 4.74 Å². The maximum atomic E-state index is 5.46. The van der Waals surface area contributed by atoms with E-state index < -0.39 is 0 Å². The van der Waals surface area contributed by atoms with Crippen LogP contribution >= 0.6 is 11.3 Å². The summed E-state index contributed by atoms with van der Waals surface area (Å²) in [5.41, 5.74) is 2.12. The van der Waals surface area contributed by atoms with Crippen LogP contribution in [0.15, 0.2) is 0 Å². The number of aromatic nitrogens is 3. The quantitative estimate of drug-likeness (QED) is 0.857. The van der Waals surface area contributed by atoms with Crippen molar-refractivity contribution in [2.75, 3.05) is 50.8 Å². The fourth-order valence-electron chi connectivity index (χ4n) is 3.75. The molecule has 1 atom stereocenters. The summed E-state index contributed by atoms with van der Waals surface area (Å²) in [6, 6.07) is 0. The van der Waals surface area contributed by atoms with Gasteiger partial charge in [0.15, 0.2) is 10.8 Å². The van der Waals surface area contributed by atoms with Crippen molar-refractivity contribution >= 4 is 26.8 Å². The van der Waals surface area contributed by atoms with E-state index in [1.165, 1.54) is 29.2 Å². The van der Waals surface area contributed by atoms with Crippen molar-refractivity contribution in [2.45, 2.75) is 19.8 Å². The Bertz CT molecular complexity index is 641. The molecule has 6 nitrogen and oxygen atoms in total. The van der Waals surface area contributed by atoms with Crippen LogP contribution in [-0.2, 0) is 11.8 Å². The van der Waals surface area contributed by atoms with Gasteiger partial charge < -0.3 is 9.64 Å². The van der Waals surface area contributed by atoms with Gasteiger partial charge in [-0.05, 0) is 25.7 Å². The molecule has 4 rings (SSSR count). The van der Waals surface area contributed by atoms with Crippen molar-refractivity contribution in [1.82, 2.24) is 19.7 Å². The van der Waals surface area contributed by atoms with E-state index >= 15 is 0 Å². The third kappa shape index (κ3) is 3.09. The highest BCUT2D eigenvalue weighted by atomic mass is 32.1. The number of fused-ring (bicyclic) bond motifs is 1. The molecule has 1 unspecified atom stereocenters. The summed E-state index contributed by atoms with van der Waals surface area (Å²) in [7, 11) is 1.98. The highest BCUT2D eigenvalue weighted by Crippen LogP contribution is 2.33. The lowest BCUT2D eigenvalue weighted by Gasteiger charge is -2.36. The van der Waals surface area contributed by atoms with E-state index in [0.717, 1.165) is 56.7 Å². The van der Waals surface area contributed by atoms with Gasteiger partial charge in [0, 0.05) is 39.8 Å². The number of piperidine rings is 1. The van der Waals surface area contributed by atoms with Crippen LogP contribution in [0.5, 0.6) is 0 Å². The Hall–Kier alpha value is -1.18. The lowest BCUT2D eigenvalue weighted by atomic mass is 9.97. The van der Waals surface area contributed by atoms with Gasteiger partial charge in [-0.15, -0.1) is 0 Å². The molecule has 2 saturated heterocycles. The Morgan fingerprint density at radius 1 is 1.26 bits per heavy atom. The number of aryl methyl sites for hydroxylation is 2. The van der Waals surface area contributed by atoms with Crippen LogP contribution < -0.4 is 4.90 Å². The number of ether oxygens (including phenoxy) is 1. The Balaban J connectivity index is 1.46. The van der Waals surface area contributed by atoms with Gasteiger partial charge in [0.2, 0.25) is 0 Å². The molecule has 2 fully saturated rings. The molecule has 7 heteroatoms. The molecule has 0 saturated carbocycles. The Morgan fingerprint density at radius 3 is 2.87 bits per heavy atom. The molecule has 0 aliphatic carbocycles. The summed E-state index contributed by atoms with van der Waals surface area (Å²) in [4.78, 5) is 9.89. The second-order valence-corrected chi connectivity index (χ2v) is 7.70. The number of anilines is 1. The first-order chi connectivity index (χ1) is 11.2. The van der Waals surface area contributed by atoms with Crippen LogP contribution in [0.3, 0.4) is 0 Å². The lowest BCUT2D eigenvalue weighted by Crippen LogP contribution is -2.44. The van der Waals surface area contributed by atoms with Crippen LogP contribution in [0.25, 0.3) is 10.3 Å². The summed E-state index contributed by atoms with van der Waals surface area (Å²) in [5, 5.41) is 5.63. The molecule has 2 aliphatic heterocycles. The Morgan fingerprint density at radius 2 is 2.09 bits per heavy atom. The minimum atomic E-state index is 0.744. The standard InChI is InChI=1S/C16H25N5OS/c1-12-14-15(19(2)18-12)17-16(23-14)21-5-3-4-13(11-21)10-20-6-8-22-9-7-20/h13H,3-11H2,1-2H3. The summed E-state index contributed by atoms with van der Waals surface area (Å²) in [6.07, 6.45) is 2.60. The molecule has 0 N–H and O–H groups in total. The van der Waals surface area contributed by atoms with Gasteiger partial charge in [-0.1, -0.05) is 11.3 Å². The van der Waals surface area contributed by atoms with Crippen molar-refractivity contribution in [3.8, 4) is 0 Å². The zero-order valence-electron chi connectivity index (χ0n) is 14.0. The highest BCUT2D eigenvalue weighted by Gasteiger charge is 2.25. The first-order valence-corrected chi connectivity index (χ1v) is 9.37. The largest absolute Gasteiger partial charge is 0.379 e. The van der Waals surface area contributed by atoms with E-state index in [1.54, 1.807) is 11.3 Å². The topological polar surface area (TPSA) is 46.4 Å². The van der Waals surface area contributed by atoms with Gasteiger partial charge in [0.1, 0.15) is 0 Å². The van der Waals surface area contributed by atoms with Crippen LogP contribution in [0.4, 0.5) is 5.13 Å². The van der Waals surface area contributed by atoms with E-state index in [9.17, 15) is 0 Å². The smallest absolute Gasteiger partial charge is 0.188 e. The molecule has 0 aromatic carbocycles. The van der Waals surface area contributed by atoms with Gasteiger partial charge in [-0.3, -0.25) is 4.90 Å². The van der Waals surface area contributed by atoms with Gasteiger partial charge in [-0.25, -0.2) is 9.67 Å². The molecule has 0 amide bonds. The van der Waals surface area contributed by atoms with Crippen molar-refractivity contribution in [3.63, 3.8) is 0 Å². The number of rotatable bonds is 3. The predicted molar refractivity (Wildman–Crippen MR) is 93.3 cm³/mol. The molecular formula is C16H25N5OS. The number of hydrogen-bond acceptors (Lipinski definition) is 6. The Kier molecular flexibility index (Phi) is 4.26. The number of morpholine rings is 1. The second kappa shape index (κ2) is 6.37. The molecule has 2 aromatic rings. The minimum Gasteiger partial charge on any atom is -0.379 e. The zero-order valence-corrected chi connectivity index (χ0v) is 14.8. The van der Waals surface area contributed by atoms with E-state index in [1.807, 2.05) is 11.7 Å². The maximum Gasteiger partial charge on any atom is 0.188 e. The summed E-state index contributed by atoms with van der Waals surface area (Å²) in [6.45, 7) is 9.48. The first-order valence-electron chi connectivity index (χ1n) is 8.56. The van der Waals surface area contributed by atoms with Gasteiger partial charge >= 0.3 is 0 Å². The maximum absolute atomic E-state index is 5.46. The van der Waals surface area contributed by atoms with E-state index in [4.69, 9.17) is 9.72 Å². The van der Waals surface area contributed by atoms with Gasteiger partial charge in [-0.2, -0.15) is 5.10 Å². The van der Waals surface area contributed by atoms with Crippen LogP contribution in [-0.4, -0.2) is 65.6 Å². The second-order valence-electron chi connectivity index (χ2n) is 6.73. The van der Waals surface area contributed by atoms with Crippen molar-refractivity contribution in [1.29, 1.82) is 0 Å². The molecule has 2 aromatic heterocycles. The zero-order chi connectivity index (χ0) is 15.8. The average Bonchev–Trinajstić information content (AvgIpc) is 3.11. The summed E-state index contributed by atoms with van der Waals surface area (Å²) < 4.78 is 8.59. The summed E-state index contributed by atoms with van der Waals surface area (Å²) >= 11 is 1.80. The molecule has 23 heavy (non-hydrogen) atoms. The molecular weight excluding hydrogens is 310 g/mol. The predicted octanol–water partition coefficient (Wildman–Crippen LogP) is 1.89. The fraction of sp³-hybridized carbons (Fsp3) is 0.750. The Labute approximate surface area is 141 Å². The third-order valence-corrected chi connectivity index (χ3v) is 6.16. The van der Waals surface area contributed by atoms with E-state index in [2.05, 4.69) is 21.8 Å². The van der Waals surface area contributed by atoms with Crippen LogP contribution in [0.1, 0.15) is 18.5 Å². The van der Waals surface area contributed by atoms with Gasteiger partial charge in [0.25, 0.3) is 0 Å². The number of nitrogens with zero attached hydrogens (tertiary/aromatic N) is 5. The lowest BCUT2D eigenvalue weighted by molar-refractivity contribution is 0.0296. The number of hydrogen-bond donors (Lipinski definition) is 0. The SMILES string of the molecule is Cc1nn(C)c2nc(N3CCCC(CN4CCOCC4)C3)sc12. The monoisotopic (exact) mass is 335 g/mol. The van der Waals surface area contributed by atoms with Crippen molar-refractivity contribution in [3.05, 3.63) is 5.69 Å². The number of thiazole rings is 1. The van der Waals surface area contributed by atoms with Crippen LogP contribution in [0.2, 0.25) is 0 Å². The van der Waals surface area contributed by atoms with Crippen molar-refractivity contribution in [2.24, 2.45) is 13.0 Å². The first kappa shape index (κ1) is 15.4. The fourth-order valence-corrected chi connectivity index (χ4v) is 4.81. The average molecular weight is 335 g/mol. The minimum absolute atomic E-state index is 0.744. The molecule has 0 spiro atoms.